The second kappa shape index (κ2) is 6.07. The van der Waals surface area contributed by atoms with E-state index in [0.29, 0.717) is 12.2 Å². The fraction of sp³-hybridized carbons (Fsp3) is 0.200. The summed E-state index contributed by atoms with van der Waals surface area (Å²) >= 11 is 0. The molecule has 0 heterocycles. The van der Waals surface area contributed by atoms with Crippen molar-refractivity contribution in [2.75, 3.05) is 18.8 Å². The molecule has 5 heteroatoms. The summed E-state index contributed by atoms with van der Waals surface area (Å²) in [5.41, 5.74) is 1.56. The van der Waals surface area contributed by atoms with Gasteiger partial charge in [-0.15, -0.1) is 0 Å². The van der Waals surface area contributed by atoms with E-state index in [-0.39, 0.29) is 4.90 Å². The third kappa shape index (κ3) is 3.59. The lowest BCUT2D eigenvalue weighted by Crippen LogP contribution is -2.17. The van der Waals surface area contributed by atoms with Crippen molar-refractivity contribution in [1.29, 1.82) is 0 Å². The molecule has 0 saturated heterocycles. The fourth-order valence-electron chi connectivity index (χ4n) is 1.90. The summed E-state index contributed by atoms with van der Waals surface area (Å²) < 4.78 is 27.3. The minimum absolute atomic E-state index is 0.264. The van der Waals surface area contributed by atoms with Crippen molar-refractivity contribution in [3.05, 3.63) is 60.2 Å². The van der Waals surface area contributed by atoms with Gasteiger partial charge >= 0.3 is 0 Å². The standard InChI is InChI=1S/C15H18N2O2S/c1-17(2)12-13-8-6-7-11-15(13)16-20(18,19)14-9-4-3-5-10-14/h3-11,16H,12H2,1-2H3. The van der Waals surface area contributed by atoms with Crippen molar-refractivity contribution in [2.45, 2.75) is 11.4 Å². The summed E-state index contributed by atoms with van der Waals surface area (Å²) in [6, 6.07) is 15.8. The highest BCUT2D eigenvalue weighted by atomic mass is 32.2. The number of nitrogens with one attached hydrogen (secondary N) is 1. The normalized spacial score (nSPS) is 11.6. The molecule has 2 rings (SSSR count). The Balaban J connectivity index is 2.31. The average molecular weight is 290 g/mol. The third-order valence-corrected chi connectivity index (χ3v) is 4.18. The minimum Gasteiger partial charge on any atom is -0.305 e. The van der Waals surface area contributed by atoms with Crippen LogP contribution in [-0.2, 0) is 16.6 Å². The van der Waals surface area contributed by atoms with Crippen LogP contribution in [0.1, 0.15) is 5.56 Å². The van der Waals surface area contributed by atoms with Crippen molar-refractivity contribution in [3.8, 4) is 0 Å². The Morgan fingerprint density at radius 2 is 1.55 bits per heavy atom. The van der Waals surface area contributed by atoms with Crippen LogP contribution in [0.4, 0.5) is 5.69 Å². The molecule has 0 atom stereocenters. The quantitative estimate of drug-likeness (QED) is 0.920. The number of hydrogen-bond acceptors (Lipinski definition) is 3. The lowest BCUT2D eigenvalue weighted by atomic mass is 10.2. The predicted octanol–water partition coefficient (Wildman–Crippen LogP) is 2.55. The van der Waals surface area contributed by atoms with Gasteiger partial charge in [-0.05, 0) is 37.9 Å². The van der Waals surface area contributed by atoms with Gasteiger partial charge in [0.1, 0.15) is 0 Å². The first kappa shape index (κ1) is 14.6. The molecule has 0 amide bonds. The van der Waals surface area contributed by atoms with Crippen LogP contribution < -0.4 is 4.72 Å². The first-order valence-corrected chi connectivity index (χ1v) is 7.78. The molecule has 2 aromatic carbocycles. The Morgan fingerprint density at radius 1 is 0.950 bits per heavy atom. The SMILES string of the molecule is CN(C)Cc1ccccc1NS(=O)(=O)c1ccccc1. The molecule has 0 unspecified atom stereocenters. The van der Waals surface area contributed by atoms with E-state index in [2.05, 4.69) is 4.72 Å². The van der Waals surface area contributed by atoms with Crippen molar-refractivity contribution in [1.82, 2.24) is 4.90 Å². The second-order valence-corrected chi connectivity index (χ2v) is 6.50. The Kier molecular flexibility index (Phi) is 4.42. The minimum atomic E-state index is -3.54. The monoisotopic (exact) mass is 290 g/mol. The molecule has 0 fully saturated rings. The maximum atomic E-state index is 12.3. The first-order valence-electron chi connectivity index (χ1n) is 6.29. The summed E-state index contributed by atoms with van der Waals surface area (Å²) in [7, 11) is 0.354. The van der Waals surface area contributed by atoms with Crippen LogP contribution in [-0.4, -0.2) is 27.4 Å². The number of benzene rings is 2. The van der Waals surface area contributed by atoms with Crippen LogP contribution in [0.2, 0.25) is 0 Å². The summed E-state index contributed by atoms with van der Waals surface area (Å²) in [6.07, 6.45) is 0. The molecule has 0 aromatic heterocycles. The number of anilines is 1. The van der Waals surface area contributed by atoms with E-state index in [0.717, 1.165) is 5.56 Å². The van der Waals surface area contributed by atoms with E-state index < -0.39 is 10.0 Å². The van der Waals surface area contributed by atoms with Crippen LogP contribution in [0.3, 0.4) is 0 Å². The van der Waals surface area contributed by atoms with Gasteiger partial charge < -0.3 is 4.90 Å². The number of para-hydroxylation sites is 1. The molecule has 106 valence electrons. The zero-order valence-corrected chi connectivity index (χ0v) is 12.4. The van der Waals surface area contributed by atoms with Gasteiger partial charge in [-0.3, -0.25) is 4.72 Å². The van der Waals surface area contributed by atoms with Crippen LogP contribution in [0.5, 0.6) is 0 Å². The predicted molar refractivity (Wildman–Crippen MR) is 81.1 cm³/mol. The molecule has 0 radical (unpaired) electrons. The molecule has 4 nitrogen and oxygen atoms in total. The Hall–Kier alpha value is -1.85. The van der Waals surface area contributed by atoms with Crippen molar-refractivity contribution in [2.24, 2.45) is 0 Å². The highest BCUT2D eigenvalue weighted by molar-refractivity contribution is 7.92. The molecular weight excluding hydrogens is 272 g/mol. The van der Waals surface area contributed by atoms with E-state index in [9.17, 15) is 8.42 Å². The maximum Gasteiger partial charge on any atom is 0.261 e. The summed E-state index contributed by atoms with van der Waals surface area (Å²) in [5.74, 6) is 0. The fourth-order valence-corrected chi connectivity index (χ4v) is 3.02. The van der Waals surface area contributed by atoms with Gasteiger partial charge in [-0.2, -0.15) is 0 Å². The van der Waals surface area contributed by atoms with Crippen molar-refractivity contribution < 1.29 is 8.42 Å². The van der Waals surface area contributed by atoms with E-state index >= 15 is 0 Å². The number of nitrogens with zero attached hydrogens (tertiary/aromatic N) is 1. The Bertz CT molecular complexity index is 667. The first-order chi connectivity index (χ1) is 9.49. The maximum absolute atomic E-state index is 12.3. The molecule has 2 aromatic rings. The smallest absolute Gasteiger partial charge is 0.261 e. The molecule has 20 heavy (non-hydrogen) atoms. The Morgan fingerprint density at radius 3 is 2.20 bits per heavy atom. The van der Waals surface area contributed by atoms with Crippen molar-refractivity contribution >= 4 is 15.7 Å². The van der Waals surface area contributed by atoms with Crippen LogP contribution in [0, 0.1) is 0 Å². The van der Waals surface area contributed by atoms with Gasteiger partial charge in [0, 0.05) is 6.54 Å². The molecule has 1 N–H and O–H groups in total. The summed E-state index contributed by atoms with van der Waals surface area (Å²) in [5, 5.41) is 0. The lowest BCUT2D eigenvalue weighted by Gasteiger charge is -2.15. The van der Waals surface area contributed by atoms with E-state index in [1.54, 1.807) is 36.4 Å². The van der Waals surface area contributed by atoms with E-state index in [4.69, 9.17) is 0 Å². The van der Waals surface area contributed by atoms with Crippen molar-refractivity contribution in [3.63, 3.8) is 0 Å². The number of rotatable bonds is 5. The number of hydrogen-bond donors (Lipinski definition) is 1. The summed E-state index contributed by atoms with van der Waals surface area (Å²) in [6.45, 7) is 0.674. The average Bonchev–Trinajstić information content (AvgIpc) is 2.41. The molecule has 0 spiro atoms. The van der Waals surface area contributed by atoms with Gasteiger partial charge in [-0.25, -0.2) is 8.42 Å². The molecule has 0 aliphatic heterocycles. The van der Waals surface area contributed by atoms with Gasteiger partial charge in [0.05, 0.1) is 10.6 Å². The Labute approximate surface area is 120 Å². The van der Waals surface area contributed by atoms with Crippen LogP contribution in [0.15, 0.2) is 59.5 Å². The largest absolute Gasteiger partial charge is 0.305 e. The van der Waals surface area contributed by atoms with Gasteiger partial charge in [0.15, 0.2) is 0 Å². The molecule has 0 saturated carbocycles. The third-order valence-electron chi connectivity index (χ3n) is 2.80. The van der Waals surface area contributed by atoms with Gasteiger partial charge in [0.25, 0.3) is 10.0 Å². The van der Waals surface area contributed by atoms with Gasteiger partial charge in [-0.1, -0.05) is 36.4 Å². The zero-order valence-electron chi connectivity index (χ0n) is 11.6. The molecule has 0 aliphatic carbocycles. The van der Waals surface area contributed by atoms with Gasteiger partial charge in [0.2, 0.25) is 0 Å². The number of sulfonamides is 1. The lowest BCUT2D eigenvalue weighted by molar-refractivity contribution is 0.403. The molecular formula is C15H18N2O2S. The topological polar surface area (TPSA) is 49.4 Å². The van der Waals surface area contributed by atoms with E-state index in [1.807, 2.05) is 37.2 Å². The molecule has 0 bridgehead atoms. The molecule has 0 aliphatic rings. The highest BCUT2D eigenvalue weighted by Crippen LogP contribution is 2.20. The highest BCUT2D eigenvalue weighted by Gasteiger charge is 2.15. The second-order valence-electron chi connectivity index (χ2n) is 4.81. The zero-order chi connectivity index (χ0) is 14.6. The van der Waals surface area contributed by atoms with E-state index in [1.165, 1.54) is 0 Å². The summed E-state index contributed by atoms with van der Waals surface area (Å²) in [4.78, 5) is 2.26. The van der Waals surface area contributed by atoms with Crippen LogP contribution >= 0.6 is 0 Å². The van der Waals surface area contributed by atoms with Crippen LogP contribution in [0.25, 0.3) is 0 Å².